The zero-order chi connectivity index (χ0) is 8.39. The minimum absolute atomic E-state index is 0.782. The van der Waals surface area contributed by atoms with Crippen molar-refractivity contribution in [3.8, 4) is 6.07 Å². The highest BCUT2D eigenvalue weighted by Gasteiger charge is 2.08. The molecule has 0 bridgehead atoms. The van der Waals surface area contributed by atoms with Gasteiger partial charge in [0.25, 0.3) is 0 Å². The Bertz CT molecular complexity index is 333. The number of nitriles is 1. The van der Waals surface area contributed by atoms with E-state index in [1.165, 1.54) is 17.5 Å². The zero-order valence-electron chi connectivity index (χ0n) is 6.88. The fourth-order valence-electron chi connectivity index (χ4n) is 1.64. The van der Waals surface area contributed by atoms with Crippen LogP contribution in [0.1, 0.15) is 23.1 Å². The molecule has 0 heterocycles. The molecule has 0 aromatic heterocycles. The Kier molecular flexibility index (Phi) is 1.83. The Morgan fingerprint density at radius 1 is 1.25 bits per heavy atom. The topological polar surface area (TPSA) is 23.8 Å². The largest absolute Gasteiger partial charge is 0.192 e. The van der Waals surface area contributed by atoms with Crippen molar-refractivity contribution in [2.45, 2.75) is 19.3 Å². The Morgan fingerprint density at radius 3 is 3.00 bits per heavy atom. The van der Waals surface area contributed by atoms with E-state index in [1.54, 1.807) is 0 Å². The minimum atomic E-state index is 0.782. The maximum Gasteiger partial charge on any atom is 0.0991 e. The molecule has 0 saturated carbocycles. The summed E-state index contributed by atoms with van der Waals surface area (Å²) in [6.07, 6.45) is 5.63. The first-order valence-electron chi connectivity index (χ1n) is 4.24. The third-order valence-corrected chi connectivity index (χ3v) is 2.32. The van der Waals surface area contributed by atoms with Gasteiger partial charge in [-0.25, -0.2) is 0 Å². The van der Waals surface area contributed by atoms with Crippen molar-refractivity contribution in [3.63, 3.8) is 0 Å². The molecule has 0 aliphatic heterocycles. The molecule has 59 valence electrons. The van der Waals surface area contributed by atoms with E-state index in [0.717, 1.165) is 18.4 Å². The second-order valence-corrected chi connectivity index (χ2v) is 3.13. The molecule has 12 heavy (non-hydrogen) atoms. The van der Waals surface area contributed by atoms with Crippen LogP contribution in [0.25, 0.3) is 0 Å². The third-order valence-electron chi connectivity index (χ3n) is 2.32. The molecule has 1 radical (unpaired) electrons. The SMILES string of the molecule is N#Cc1ccc2c(c1)C[CH]CC2. The van der Waals surface area contributed by atoms with Gasteiger partial charge in [0.05, 0.1) is 11.6 Å². The zero-order valence-corrected chi connectivity index (χ0v) is 6.88. The van der Waals surface area contributed by atoms with Gasteiger partial charge in [-0.05, 0) is 48.9 Å². The highest BCUT2D eigenvalue weighted by molar-refractivity contribution is 5.40. The Morgan fingerprint density at radius 2 is 2.17 bits per heavy atom. The Labute approximate surface area is 72.6 Å². The third kappa shape index (κ3) is 1.21. The van der Waals surface area contributed by atoms with E-state index in [4.69, 9.17) is 5.26 Å². The maximum absolute atomic E-state index is 8.68. The number of benzene rings is 1. The molecule has 0 amide bonds. The summed E-state index contributed by atoms with van der Waals surface area (Å²) in [5, 5.41) is 8.68. The first-order valence-corrected chi connectivity index (χ1v) is 4.24. The number of hydrogen-bond donors (Lipinski definition) is 0. The van der Waals surface area contributed by atoms with E-state index in [9.17, 15) is 0 Å². The van der Waals surface area contributed by atoms with Crippen LogP contribution in [0.4, 0.5) is 0 Å². The van der Waals surface area contributed by atoms with Crippen molar-refractivity contribution in [2.24, 2.45) is 0 Å². The summed E-state index contributed by atoms with van der Waals surface area (Å²) >= 11 is 0. The fourth-order valence-corrected chi connectivity index (χ4v) is 1.64. The lowest BCUT2D eigenvalue weighted by molar-refractivity contribution is 0.829. The van der Waals surface area contributed by atoms with Crippen molar-refractivity contribution in [1.82, 2.24) is 0 Å². The first-order chi connectivity index (χ1) is 5.90. The molecule has 1 aromatic rings. The molecule has 1 aromatic carbocycles. The van der Waals surface area contributed by atoms with Crippen LogP contribution >= 0.6 is 0 Å². The van der Waals surface area contributed by atoms with Crippen molar-refractivity contribution < 1.29 is 0 Å². The molecule has 1 heteroatoms. The van der Waals surface area contributed by atoms with Crippen molar-refractivity contribution in [3.05, 3.63) is 41.3 Å². The van der Waals surface area contributed by atoms with E-state index in [2.05, 4.69) is 18.6 Å². The van der Waals surface area contributed by atoms with E-state index < -0.39 is 0 Å². The number of hydrogen-bond acceptors (Lipinski definition) is 1. The Hall–Kier alpha value is -1.29. The van der Waals surface area contributed by atoms with Crippen LogP contribution in [0.5, 0.6) is 0 Å². The highest BCUT2D eigenvalue weighted by Crippen LogP contribution is 2.21. The van der Waals surface area contributed by atoms with E-state index in [0.29, 0.717) is 0 Å². The number of nitrogens with zero attached hydrogens (tertiary/aromatic N) is 1. The average molecular weight is 156 g/mol. The molecule has 0 N–H and O–H groups in total. The van der Waals surface area contributed by atoms with Gasteiger partial charge in [0.2, 0.25) is 0 Å². The van der Waals surface area contributed by atoms with E-state index in [1.807, 2.05) is 12.1 Å². The molecule has 0 atom stereocenters. The Balaban J connectivity index is 2.44. The van der Waals surface area contributed by atoms with Crippen LogP contribution < -0.4 is 0 Å². The van der Waals surface area contributed by atoms with Gasteiger partial charge >= 0.3 is 0 Å². The molecule has 1 aliphatic rings. The summed E-state index contributed by atoms with van der Waals surface area (Å²) < 4.78 is 0. The summed E-state index contributed by atoms with van der Waals surface area (Å²) in [7, 11) is 0. The molecule has 0 saturated heterocycles. The fraction of sp³-hybridized carbons (Fsp3) is 0.273. The average Bonchev–Trinajstić information content (AvgIpc) is 2.17. The first kappa shape index (κ1) is 7.36. The second kappa shape index (κ2) is 2.98. The second-order valence-electron chi connectivity index (χ2n) is 3.13. The van der Waals surface area contributed by atoms with Gasteiger partial charge in [-0.2, -0.15) is 5.26 Å². The molecule has 0 fully saturated rings. The summed E-state index contributed by atoms with van der Waals surface area (Å²) in [6.45, 7) is 0. The van der Waals surface area contributed by atoms with Gasteiger partial charge in [0.15, 0.2) is 0 Å². The summed E-state index contributed by atoms with van der Waals surface area (Å²) in [5.41, 5.74) is 3.53. The van der Waals surface area contributed by atoms with Crippen LogP contribution in [0.15, 0.2) is 18.2 Å². The lowest BCUT2D eigenvalue weighted by Gasteiger charge is -2.14. The molecular formula is C11H10N. The van der Waals surface area contributed by atoms with Gasteiger partial charge < -0.3 is 0 Å². The molecule has 0 spiro atoms. The lowest BCUT2D eigenvalue weighted by atomic mass is 9.91. The normalized spacial score (nSPS) is 14.9. The van der Waals surface area contributed by atoms with Crippen molar-refractivity contribution in [2.75, 3.05) is 0 Å². The highest BCUT2D eigenvalue weighted by atomic mass is 14.2. The van der Waals surface area contributed by atoms with E-state index >= 15 is 0 Å². The molecule has 1 nitrogen and oxygen atoms in total. The predicted molar refractivity (Wildman–Crippen MR) is 47.5 cm³/mol. The van der Waals surface area contributed by atoms with Gasteiger partial charge in [-0.15, -0.1) is 0 Å². The molecule has 0 unspecified atom stereocenters. The molecule has 2 rings (SSSR count). The van der Waals surface area contributed by atoms with E-state index in [-0.39, 0.29) is 0 Å². The van der Waals surface area contributed by atoms with Gasteiger partial charge in [0.1, 0.15) is 0 Å². The van der Waals surface area contributed by atoms with Crippen LogP contribution in [0, 0.1) is 17.8 Å². The van der Waals surface area contributed by atoms with Crippen LogP contribution in [-0.4, -0.2) is 0 Å². The quantitative estimate of drug-likeness (QED) is 0.565. The summed E-state index contributed by atoms with van der Waals surface area (Å²) in [6, 6.07) is 8.16. The van der Waals surface area contributed by atoms with Gasteiger partial charge in [-0.3, -0.25) is 0 Å². The number of rotatable bonds is 0. The molecular weight excluding hydrogens is 146 g/mol. The minimum Gasteiger partial charge on any atom is -0.192 e. The van der Waals surface area contributed by atoms with Crippen LogP contribution in [-0.2, 0) is 12.8 Å². The van der Waals surface area contributed by atoms with Crippen LogP contribution in [0.3, 0.4) is 0 Å². The number of fused-ring (bicyclic) bond motifs is 1. The van der Waals surface area contributed by atoms with Gasteiger partial charge in [0, 0.05) is 0 Å². The van der Waals surface area contributed by atoms with Crippen molar-refractivity contribution >= 4 is 0 Å². The lowest BCUT2D eigenvalue weighted by Crippen LogP contribution is -2.02. The monoisotopic (exact) mass is 156 g/mol. The van der Waals surface area contributed by atoms with Crippen LogP contribution in [0.2, 0.25) is 0 Å². The summed E-state index contributed by atoms with van der Waals surface area (Å²) in [4.78, 5) is 0. The smallest absolute Gasteiger partial charge is 0.0991 e. The predicted octanol–water partition coefficient (Wildman–Crippen LogP) is 2.25. The van der Waals surface area contributed by atoms with Crippen molar-refractivity contribution in [1.29, 1.82) is 5.26 Å². The standard InChI is InChI=1S/C11H10N/c12-8-9-5-6-10-3-1-2-4-11(10)7-9/h2,5-7H,1,3-4H2. The maximum atomic E-state index is 8.68. The molecule has 1 aliphatic carbocycles. The van der Waals surface area contributed by atoms with Gasteiger partial charge in [-0.1, -0.05) is 6.07 Å². The summed E-state index contributed by atoms with van der Waals surface area (Å²) in [5.74, 6) is 0. The number of aryl methyl sites for hydroxylation is 1.